The van der Waals surface area contributed by atoms with Gasteiger partial charge in [0, 0.05) is 12.4 Å². The van der Waals surface area contributed by atoms with Crippen LogP contribution in [0.25, 0.3) is 0 Å². The fourth-order valence-electron chi connectivity index (χ4n) is 0.679. The first-order valence-electron chi connectivity index (χ1n) is 2.80. The third-order valence-corrected chi connectivity index (χ3v) is 1.23. The second kappa shape index (κ2) is 4.02. The summed E-state index contributed by atoms with van der Waals surface area (Å²) < 4.78 is 0. The highest BCUT2D eigenvalue weighted by atomic mass is 79.9. The molecule has 0 spiro atoms. The average molecular weight is 221 g/mol. The normalized spacial score (nSPS) is 14.5. The van der Waals surface area contributed by atoms with Gasteiger partial charge in [0.15, 0.2) is 0 Å². The zero-order valence-electron chi connectivity index (χ0n) is 5.80. The number of carbonyl (C=O) groups is 1. The highest BCUT2D eigenvalue weighted by Gasteiger charge is 2.14. The summed E-state index contributed by atoms with van der Waals surface area (Å²) in [6, 6.07) is 0. The Hall–Kier alpha value is -0.970. The van der Waals surface area contributed by atoms with Gasteiger partial charge in [-0.25, -0.2) is 4.79 Å². The molecule has 0 aromatic heterocycles. The Morgan fingerprint density at radius 1 is 1.64 bits per heavy atom. The van der Waals surface area contributed by atoms with E-state index >= 15 is 0 Å². The number of hydrogen-bond donors (Lipinski definition) is 1. The summed E-state index contributed by atoms with van der Waals surface area (Å²) in [5, 5.41) is 8.44. The molecule has 0 unspecified atom stereocenters. The SMILES string of the molecule is Br.C=CN1C=CN(C(=O)O)C1. The van der Waals surface area contributed by atoms with Gasteiger partial charge in [-0.2, -0.15) is 0 Å². The van der Waals surface area contributed by atoms with E-state index < -0.39 is 6.09 Å². The maximum Gasteiger partial charge on any atom is 0.412 e. The molecule has 0 aromatic carbocycles. The van der Waals surface area contributed by atoms with E-state index in [-0.39, 0.29) is 17.0 Å². The van der Waals surface area contributed by atoms with Gasteiger partial charge in [-0.1, -0.05) is 6.58 Å². The molecule has 62 valence electrons. The first kappa shape index (κ1) is 10.0. The molecule has 11 heavy (non-hydrogen) atoms. The first-order chi connectivity index (χ1) is 4.74. The number of halogens is 1. The summed E-state index contributed by atoms with van der Waals surface area (Å²) in [5.74, 6) is 0. The topological polar surface area (TPSA) is 43.8 Å². The summed E-state index contributed by atoms with van der Waals surface area (Å²) in [4.78, 5) is 13.1. The monoisotopic (exact) mass is 220 g/mol. The molecule has 0 bridgehead atoms. The lowest BCUT2D eigenvalue weighted by atomic mass is 10.8. The Kier molecular flexibility index (Phi) is 3.67. The van der Waals surface area contributed by atoms with Gasteiger partial charge in [-0.15, -0.1) is 17.0 Å². The Morgan fingerprint density at radius 3 is 2.55 bits per heavy atom. The van der Waals surface area contributed by atoms with E-state index in [0.29, 0.717) is 6.67 Å². The lowest BCUT2D eigenvalue weighted by Crippen LogP contribution is -2.26. The van der Waals surface area contributed by atoms with E-state index in [9.17, 15) is 4.79 Å². The largest absolute Gasteiger partial charge is 0.465 e. The summed E-state index contributed by atoms with van der Waals surface area (Å²) in [5.41, 5.74) is 0. The molecule has 1 aliphatic rings. The third kappa shape index (κ3) is 2.27. The van der Waals surface area contributed by atoms with Crippen molar-refractivity contribution in [3.05, 3.63) is 25.2 Å². The predicted molar refractivity (Wildman–Crippen MR) is 46.2 cm³/mol. The van der Waals surface area contributed by atoms with Crippen molar-refractivity contribution in [1.29, 1.82) is 0 Å². The minimum Gasteiger partial charge on any atom is -0.465 e. The van der Waals surface area contributed by atoms with Gasteiger partial charge in [0.2, 0.25) is 0 Å². The van der Waals surface area contributed by atoms with Gasteiger partial charge in [0.1, 0.15) is 6.67 Å². The van der Waals surface area contributed by atoms with Crippen LogP contribution in [0, 0.1) is 0 Å². The van der Waals surface area contributed by atoms with Crippen LogP contribution in [0.1, 0.15) is 0 Å². The maximum absolute atomic E-state index is 10.3. The zero-order chi connectivity index (χ0) is 7.56. The minimum absolute atomic E-state index is 0. The van der Waals surface area contributed by atoms with E-state index in [1.165, 1.54) is 11.1 Å². The van der Waals surface area contributed by atoms with Gasteiger partial charge in [0.05, 0.1) is 0 Å². The lowest BCUT2D eigenvalue weighted by Gasteiger charge is -2.12. The van der Waals surface area contributed by atoms with Crippen LogP contribution < -0.4 is 0 Å². The number of amides is 1. The molecule has 5 heteroatoms. The van der Waals surface area contributed by atoms with Crippen molar-refractivity contribution in [2.75, 3.05) is 6.67 Å². The first-order valence-corrected chi connectivity index (χ1v) is 2.80. The zero-order valence-corrected chi connectivity index (χ0v) is 7.52. The minimum atomic E-state index is -0.944. The molecule has 0 saturated heterocycles. The van der Waals surface area contributed by atoms with Gasteiger partial charge < -0.3 is 10.0 Å². The molecule has 0 atom stereocenters. The number of rotatable bonds is 1. The summed E-state index contributed by atoms with van der Waals surface area (Å²) in [7, 11) is 0. The van der Waals surface area contributed by atoms with Gasteiger partial charge >= 0.3 is 6.09 Å². The van der Waals surface area contributed by atoms with Crippen molar-refractivity contribution in [3.8, 4) is 0 Å². The van der Waals surface area contributed by atoms with E-state index in [0.717, 1.165) is 0 Å². The smallest absolute Gasteiger partial charge is 0.412 e. The van der Waals surface area contributed by atoms with Crippen LogP contribution >= 0.6 is 17.0 Å². The molecule has 0 saturated carbocycles. The molecule has 0 radical (unpaired) electrons. The molecule has 1 aliphatic heterocycles. The summed E-state index contributed by atoms with van der Waals surface area (Å²) in [6.45, 7) is 3.84. The molecule has 1 rings (SSSR count). The Bertz CT molecular complexity index is 193. The van der Waals surface area contributed by atoms with Crippen molar-refractivity contribution in [1.82, 2.24) is 9.80 Å². The average Bonchev–Trinajstić information content (AvgIpc) is 2.34. The summed E-state index contributed by atoms with van der Waals surface area (Å²) in [6.07, 6.45) is 3.77. The summed E-state index contributed by atoms with van der Waals surface area (Å²) >= 11 is 0. The standard InChI is InChI=1S/C6H8N2O2.BrH/c1-2-7-3-4-8(5-7)6(9)10;/h2-4H,1,5H2,(H,9,10);1H. The lowest BCUT2D eigenvalue weighted by molar-refractivity contribution is 0.158. The van der Waals surface area contributed by atoms with Crippen LogP contribution in [0.5, 0.6) is 0 Å². The van der Waals surface area contributed by atoms with Gasteiger partial charge in [-0.05, 0) is 6.20 Å². The van der Waals surface area contributed by atoms with E-state index in [2.05, 4.69) is 6.58 Å². The molecule has 1 N–H and O–H groups in total. The van der Waals surface area contributed by atoms with Crippen molar-refractivity contribution in [2.45, 2.75) is 0 Å². The van der Waals surface area contributed by atoms with Crippen LogP contribution in [0.2, 0.25) is 0 Å². The number of nitrogens with zero attached hydrogens (tertiary/aromatic N) is 2. The Labute approximate surface area is 75.2 Å². The van der Waals surface area contributed by atoms with Crippen molar-refractivity contribution < 1.29 is 9.90 Å². The molecule has 0 fully saturated rings. The fraction of sp³-hybridized carbons (Fsp3) is 0.167. The molecule has 0 aliphatic carbocycles. The predicted octanol–water partition coefficient (Wildman–Crippen LogP) is 1.43. The molecule has 0 aromatic rings. The van der Waals surface area contributed by atoms with Crippen LogP contribution in [-0.4, -0.2) is 27.7 Å². The molecule has 1 amide bonds. The van der Waals surface area contributed by atoms with Crippen molar-refractivity contribution in [3.63, 3.8) is 0 Å². The second-order valence-corrected chi connectivity index (χ2v) is 1.89. The highest BCUT2D eigenvalue weighted by Crippen LogP contribution is 2.05. The maximum atomic E-state index is 10.3. The van der Waals surface area contributed by atoms with Crippen LogP contribution in [0.4, 0.5) is 4.79 Å². The van der Waals surface area contributed by atoms with E-state index in [4.69, 9.17) is 5.11 Å². The van der Waals surface area contributed by atoms with E-state index in [1.807, 2.05) is 0 Å². The quantitative estimate of drug-likeness (QED) is 0.728. The molecule has 1 heterocycles. The molecule has 4 nitrogen and oxygen atoms in total. The van der Waals surface area contributed by atoms with Crippen LogP contribution in [-0.2, 0) is 0 Å². The van der Waals surface area contributed by atoms with Gasteiger partial charge in [0.25, 0.3) is 0 Å². The second-order valence-electron chi connectivity index (χ2n) is 1.89. The highest BCUT2D eigenvalue weighted by molar-refractivity contribution is 8.93. The number of carboxylic acid groups (broad SMARTS) is 1. The van der Waals surface area contributed by atoms with Crippen LogP contribution in [0.3, 0.4) is 0 Å². The van der Waals surface area contributed by atoms with E-state index in [1.54, 1.807) is 17.3 Å². The van der Waals surface area contributed by atoms with Gasteiger partial charge in [-0.3, -0.25) is 4.90 Å². The Morgan fingerprint density at radius 2 is 2.27 bits per heavy atom. The molecular formula is C6H9BrN2O2. The number of hydrogen-bond acceptors (Lipinski definition) is 2. The Balaban J connectivity index is 0.000001000. The van der Waals surface area contributed by atoms with Crippen molar-refractivity contribution in [2.24, 2.45) is 0 Å². The van der Waals surface area contributed by atoms with Crippen molar-refractivity contribution >= 4 is 23.1 Å². The van der Waals surface area contributed by atoms with Crippen LogP contribution in [0.15, 0.2) is 25.2 Å². The fourth-order valence-corrected chi connectivity index (χ4v) is 0.679. The third-order valence-electron chi connectivity index (χ3n) is 1.23. The molecular weight excluding hydrogens is 212 g/mol.